The van der Waals surface area contributed by atoms with Gasteiger partial charge in [-0.1, -0.05) is 19.8 Å². The molecule has 0 heterocycles. The molecular weight excluding hydrogens is 152 g/mol. The molecule has 0 amide bonds. The van der Waals surface area contributed by atoms with Gasteiger partial charge in [0.2, 0.25) is 0 Å². The smallest absolute Gasteiger partial charge is 0.0649 e. The lowest BCUT2D eigenvalue weighted by Crippen LogP contribution is -2.35. The molecular formula is C10H20O2. The first-order valence-corrected chi connectivity index (χ1v) is 5.07. The second-order valence-electron chi connectivity index (χ2n) is 4.06. The van der Waals surface area contributed by atoms with Crippen molar-refractivity contribution >= 4 is 0 Å². The molecule has 0 spiro atoms. The van der Waals surface area contributed by atoms with Crippen molar-refractivity contribution in [2.75, 3.05) is 0 Å². The Bertz CT molecular complexity index is 120. The SMILES string of the molecule is CCCCC1(O)CCC(O)CC1. The molecule has 1 rings (SSSR count). The molecule has 2 heteroatoms. The maximum Gasteiger partial charge on any atom is 0.0649 e. The Morgan fingerprint density at radius 3 is 2.42 bits per heavy atom. The van der Waals surface area contributed by atoms with E-state index in [1.807, 2.05) is 0 Å². The van der Waals surface area contributed by atoms with Gasteiger partial charge < -0.3 is 10.2 Å². The van der Waals surface area contributed by atoms with Crippen LogP contribution in [0.1, 0.15) is 51.9 Å². The summed E-state index contributed by atoms with van der Waals surface area (Å²) >= 11 is 0. The zero-order valence-corrected chi connectivity index (χ0v) is 7.92. The minimum Gasteiger partial charge on any atom is -0.393 e. The van der Waals surface area contributed by atoms with E-state index in [9.17, 15) is 10.2 Å². The second-order valence-corrected chi connectivity index (χ2v) is 4.06. The van der Waals surface area contributed by atoms with E-state index in [1.54, 1.807) is 0 Å². The van der Waals surface area contributed by atoms with Gasteiger partial charge in [-0.25, -0.2) is 0 Å². The van der Waals surface area contributed by atoms with Gasteiger partial charge in [-0.2, -0.15) is 0 Å². The maximum atomic E-state index is 10.0. The summed E-state index contributed by atoms with van der Waals surface area (Å²) < 4.78 is 0. The monoisotopic (exact) mass is 172 g/mol. The summed E-state index contributed by atoms with van der Waals surface area (Å²) in [6.07, 6.45) is 6.13. The second kappa shape index (κ2) is 4.24. The summed E-state index contributed by atoms with van der Waals surface area (Å²) in [5.41, 5.74) is -0.449. The third-order valence-electron chi connectivity index (χ3n) is 2.88. The van der Waals surface area contributed by atoms with Crippen LogP contribution in [-0.4, -0.2) is 21.9 Å². The first kappa shape index (κ1) is 10.0. The molecule has 0 atom stereocenters. The molecule has 0 unspecified atom stereocenters. The van der Waals surface area contributed by atoms with E-state index in [0.29, 0.717) is 0 Å². The fourth-order valence-electron chi connectivity index (χ4n) is 1.90. The molecule has 72 valence electrons. The summed E-state index contributed by atoms with van der Waals surface area (Å²) in [4.78, 5) is 0. The Morgan fingerprint density at radius 2 is 1.92 bits per heavy atom. The molecule has 2 nitrogen and oxygen atoms in total. The van der Waals surface area contributed by atoms with Crippen LogP contribution in [0.4, 0.5) is 0 Å². The average Bonchev–Trinajstić information content (AvgIpc) is 2.08. The zero-order valence-electron chi connectivity index (χ0n) is 7.92. The van der Waals surface area contributed by atoms with Gasteiger partial charge in [-0.05, 0) is 32.1 Å². The van der Waals surface area contributed by atoms with Crippen LogP contribution in [0, 0.1) is 0 Å². The lowest BCUT2D eigenvalue weighted by atomic mass is 9.80. The van der Waals surface area contributed by atoms with Gasteiger partial charge in [-0.3, -0.25) is 0 Å². The first-order chi connectivity index (χ1) is 5.66. The number of rotatable bonds is 3. The molecule has 1 aliphatic rings. The lowest BCUT2D eigenvalue weighted by Gasteiger charge is -2.34. The molecule has 12 heavy (non-hydrogen) atoms. The number of aliphatic hydroxyl groups excluding tert-OH is 1. The molecule has 1 aliphatic carbocycles. The maximum absolute atomic E-state index is 10.0. The Balaban J connectivity index is 2.29. The predicted molar refractivity (Wildman–Crippen MR) is 48.9 cm³/mol. The predicted octanol–water partition coefficient (Wildman–Crippen LogP) is 1.84. The Hall–Kier alpha value is -0.0800. The van der Waals surface area contributed by atoms with Crippen molar-refractivity contribution in [1.29, 1.82) is 0 Å². The molecule has 0 aromatic carbocycles. The molecule has 0 bridgehead atoms. The number of aliphatic hydroxyl groups is 2. The van der Waals surface area contributed by atoms with Crippen molar-refractivity contribution < 1.29 is 10.2 Å². The highest BCUT2D eigenvalue weighted by molar-refractivity contribution is 4.84. The molecule has 1 saturated carbocycles. The molecule has 0 saturated heterocycles. The third kappa shape index (κ3) is 2.76. The normalized spacial score (nSPS) is 36.8. The van der Waals surface area contributed by atoms with Crippen molar-refractivity contribution in [3.63, 3.8) is 0 Å². The van der Waals surface area contributed by atoms with Crippen LogP contribution >= 0.6 is 0 Å². The fraction of sp³-hybridized carbons (Fsp3) is 1.00. The molecule has 0 aliphatic heterocycles. The number of unbranched alkanes of at least 4 members (excludes halogenated alkanes) is 1. The van der Waals surface area contributed by atoms with Crippen LogP contribution in [-0.2, 0) is 0 Å². The zero-order chi connectivity index (χ0) is 9.03. The van der Waals surface area contributed by atoms with E-state index in [2.05, 4.69) is 6.92 Å². The summed E-state index contributed by atoms with van der Waals surface area (Å²) in [5.74, 6) is 0. The van der Waals surface area contributed by atoms with E-state index in [4.69, 9.17) is 0 Å². The van der Waals surface area contributed by atoms with Crippen LogP contribution in [0.25, 0.3) is 0 Å². The average molecular weight is 172 g/mol. The van der Waals surface area contributed by atoms with Gasteiger partial charge in [0.15, 0.2) is 0 Å². The van der Waals surface area contributed by atoms with Gasteiger partial charge in [-0.15, -0.1) is 0 Å². The highest BCUT2D eigenvalue weighted by Gasteiger charge is 2.31. The number of hydrogen-bond donors (Lipinski definition) is 2. The van der Waals surface area contributed by atoms with Gasteiger partial charge in [0.25, 0.3) is 0 Å². The molecule has 0 radical (unpaired) electrons. The van der Waals surface area contributed by atoms with Gasteiger partial charge in [0.1, 0.15) is 0 Å². The van der Waals surface area contributed by atoms with Crippen LogP contribution < -0.4 is 0 Å². The van der Waals surface area contributed by atoms with E-state index in [1.165, 1.54) is 0 Å². The molecule has 0 aromatic heterocycles. The summed E-state index contributed by atoms with van der Waals surface area (Å²) in [7, 11) is 0. The van der Waals surface area contributed by atoms with Crippen LogP contribution in [0.3, 0.4) is 0 Å². The van der Waals surface area contributed by atoms with Crippen LogP contribution in [0.5, 0.6) is 0 Å². The Morgan fingerprint density at radius 1 is 1.33 bits per heavy atom. The Kier molecular flexibility index (Phi) is 3.53. The van der Waals surface area contributed by atoms with Crippen molar-refractivity contribution in [1.82, 2.24) is 0 Å². The minimum atomic E-state index is -0.449. The van der Waals surface area contributed by atoms with Crippen molar-refractivity contribution in [2.45, 2.75) is 63.6 Å². The van der Waals surface area contributed by atoms with Crippen molar-refractivity contribution in [3.8, 4) is 0 Å². The topological polar surface area (TPSA) is 40.5 Å². The Labute approximate surface area is 74.6 Å². The van der Waals surface area contributed by atoms with Crippen LogP contribution in [0.2, 0.25) is 0 Å². The molecule has 0 aromatic rings. The van der Waals surface area contributed by atoms with E-state index in [0.717, 1.165) is 44.9 Å². The van der Waals surface area contributed by atoms with E-state index >= 15 is 0 Å². The fourth-order valence-corrected chi connectivity index (χ4v) is 1.90. The third-order valence-corrected chi connectivity index (χ3v) is 2.88. The van der Waals surface area contributed by atoms with Crippen molar-refractivity contribution in [3.05, 3.63) is 0 Å². The highest BCUT2D eigenvalue weighted by Crippen LogP contribution is 2.32. The standard InChI is InChI=1S/C10H20O2/c1-2-3-6-10(12)7-4-9(11)5-8-10/h9,11-12H,2-8H2,1H3. The minimum absolute atomic E-state index is 0.160. The van der Waals surface area contributed by atoms with Crippen molar-refractivity contribution in [2.24, 2.45) is 0 Å². The van der Waals surface area contributed by atoms with Gasteiger partial charge >= 0.3 is 0 Å². The van der Waals surface area contributed by atoms with Crippen LogP contribution in [0.15, 0.2) is 0 Å². The largest absolute Gasteiger partial charge is 0.393 e. The summed E-state index contributed by atoms with van der Waals surface area (Å²) in [6, 6.07) is 0. The van der Waals surface area contributed by atoms with E-state index in [-0.39, 0.29) is 6.10 Å². The first-order valence-electron chi connectivity index (χ1n) is 5.07. The summed E-state index contributed by atoms with van der Waals surface area (Å²) in [6.45, 7) is 2.14. The van der Waals surface area contributed by atoms with Gasteiger partial charge in [0, 0.05) is 0 Å². The van der Waals surface area contributed by atoms with Gasteiger partial charge in [0.05, 0.1) is 11.7 Å². The quantitative estimate of drug-likeness (QED) is 0.682. The summed E-state index contributed by atoms with van der Waals surface area (Å²) in [5, 5.41) is 19.3. The highest BCUT2D eigenvalue weighted by atomic mass is 16.3. The molecule has 1 fully saturated rings. The molecule has 2 N–H and O–H groups in total. The lowest BCUT2D eigenvalue weighted by molar-refractivity contribution is -0.0385. The van der Waals surface area contributed by atoms with E-state index < -0.39 is 5.60 Å². The number of hydrogen-bond acceptors (Lipinski definition) is 2.